The standard InChI is InChI=1S/C13H11BrCl2OS/c14-9-4-12(18-7-9)6-11(17)3-8-1-2-10(15)5-13(8)16/h1-2,4-5,7,11,17H,3,6H2. The molecule has 18 heavy (non-hydrogen) atoms. The molecule has 1 unspecified atom stereocenters. The zero-order valence-electron chi connectivity index (χ0n) is 9.37. The quantitative estimate of drug-likeness (QED) is 0.811. The number of rotatable bonds is 4. The lowest BCUT2D eigenvalue weighted by Gasteiger charge is -2.11. The minimum Gasteiger partial charge on any atom is -0.392 e. The van der Waals surface area contributed by atoms with Crippen molar-refractivity contribution in [3.05, 3.63) is 54.6 Å². The van der Waals surface area contributed by atoms with Crippen molar-refractivity contribution in [3.8, 4) is 0 Å². The summed E-state index contributed by atoms with van der Waals surface area (Å²) in [6.45, 7) is 0. The average molecular weight is 366 g/mol. The number of thiophene rings is 1. The Morgan fingerprint density at radius 3 is 2.61 bits per heavy atom. The van der Waals surface area contributed by atoms with Crippen LogP contribution in [0.1, 0.15) is 10.4 Å². The van der Waals surface area contributed by atoms with Gasteiger partial charge in [-0.05, 0) is 39.7 Å². The van der Waals surface area contributed by atoms with Gasteiger partial charge in [-0.25, -0.2) is 0 Å². The van der Waals surface area contributed by atoms with E-state index in [1.165, 1.54) is 0 Å². The van der Waals surface area contributed by atoms with Gasteiger partial charge >= 0.3 is 0 Å². The maximum absolute atomic E-state index is 10.1. The third-order valence-corrected chi connectivity index (χ3v) is 4.84. The molecule has 1 heterocycles. The fourth-order valence-corrected chi connectivity index (χ4v) is 3.72. The Hall–Kier alpha value is -0.0600. The van der Waals surface area contributed by atoms with Crippen molar-refractivity contribution in [2.24, 2.45) is 0 Å². The summed E-state index contributed by atoms with van der Waals surface area (Å²) in [5, 5.41) is 13.3. The van der Waals surface area contributed by atoms with Gasteiger partial charge in [0.15, 0.2) is 0 Å². The van der Waals surface area contributed by atoms with E-state index < -0.39 is 6.10 Å². The van der Waals surface area contributed by atoms with E-state index in [0.717, 1.165) is 14.9 Å². The van der Waals surface area contributed by atoms with Crippen LogP contribution in [-0.2, 0) is 12.8 Å². The molecule has 1 aromatic carbocycles. The van der Waals surface area contributed by atoms with E-state index in [1.807, 2.05) is 17.5 Å². The monoisotopic (exact) mass is 364 g/mol. The lowest BCUT2D eigenvalue weighted by Crippen LogP contribution is -2.13. The molecule has 0 saturated carbocycles. The van der Waals surface area contributed by atoms with Crippen molar-refractivity contribution in [1.82, 2.24) is 0 Å². The highest BCUT2D eigenvalue weighted by Crippen LogP contribution is 2.25. The smallest absolute Gasteiger partial charge is 0.0629 e. The zero-order chi connectivity index (χ0) is 13.1. The minimum atomic E-state index is -0.436. The molecule has 0 aliphatic carbocycles. The molecule has 1 nitrogen and oxygen atoms in total. The molecule has 2 rings (SSSR count). The van der Waals surface area contributed by atoms with E-state index in [0.29, 0.717) is 22.9 Å². The zero-order valence-corrected chi connectivity index (χ0v) is 13.3. The number of halogens is 3. The molecule has 1 N–H and O–H groups in total. The molecule has 0 radical (unpaired) electrons. The van der Waals surface area contributed by atoms with E-state index >= 15 is 0 Å². The molecule has 1 aromatic heterocycles. The first kappa shape index (κ1) is 14.4. The highest BCUT2D eigenvalue weighted by atomic mass is 79.9. The summed E-state index contributed by atoms with van der Waals surface area (Å²) in [5.74, 6) is 0. The van der Waals surface area contributed by atoms with Gasteiger partial charge in [-0.15, -0.1) is 11.3 Å². The summed E-state index contributed by atoms with van der Waals surface area (Å²) in [5.41, 5.74) is 0.921. The molecular weight excluding hydrogens is 355 g/mol. The number of hydrogen-bond donors (Lipinski definition) is 1. The van der Waals surface area contributed by atoms with E-state index in [9.17, 15) is 5.11 Å². The number of aliphatic hydroxyl groups excluding tert-OH is 1. The van der Waals surface area contributed by atoms with Gasteiger partial charge in [-0.3, -0.25) is 0 Å². The van der Waals surface area contributed by atoms with Gasteiger partial charge in [0.05, 0.1) is 6.10 Å². The molecule has 0 bridgehead atoms. The van der Waals surface area contributed by atoms with E-state index in [4.69, 9.17) is 23.2 Å². The number of aliphatic hydroxyl groups is 1. The Labute approximate surface area is 128 Å². The summed E-state index contributed by atoms with van der Waals surface area (Å²) < 4.78 is 1.05. The van der Waals surface area contributed by atoms with Gasteiger partial charge in [-0.2, -0.15) is 0 Å². The van der Waals surface area contributed by atoms with Crippen LogP contribution in [0.3, 0.4) is 0 Å². The van der Waals surface area contributed by atoms with Crippen LogP contribution in [-0.4, -0.2) is 11.2 Å². The van der Waals surface area contributed by atoms with Gasteiger partial charge in [0.25, 0.3) is 0 Å². The molecule has 2 aromatic rings. The van der Waals surface area contributed by atoms with E-state index in [-0.39, 0.29) is 0 Å². The molecule has 5 heteroatoms. The molecule has 0 saturated heterocycles. The van der Waals surface area contributed by atoms with Crippen LogP contribution in [0.4, 0.5) is 0 Å². The van der Waals surface area contributed by atoms with Crippen LogP contribution >= 0.6 is 50.5 Å². The molecule has 1 atom stereocenters. The lowest BCUT2D eigenvalue weighted by molar-refractivity contribution is 0.176. The number of benzene rings is 1. The predicted molar refractivity (Wildman–Crippen MR) is 81.9 cm³/mol. The summed E-state index contributed by atoms with van der Waals surface area (Å²) in [6.07, 6.45) is 0.732. The first-order valence-corrected chi connectivity index (χ1v) is 7.82. The Morgan fingerprint density at radius 1 is 1.22 bits per heavy atom. The van der Waals surface area contributed by atoms with E-state index in [2.05, 4.69) is 15.9 Å². The summed E-state index contributed by atoms with van der Waals surface area (Å²) >= 11 is 17.0. The van der Waals surface area contributed by atoms with Crippen LogP contribution in [0, 0.1) is 0 Å². The van der Waals surface area contributed by atoms with Crippen molar-refractivity contribution in [2.45, 2.75) is 18.9 Å². The summed E-state index contributed by atoms with van der Waals surface area (Å²) in [4.78, 5) is 1.15. The lowest BCUT2D eigenvalue weighted by atomic mass is 10.1. The van der Waals surface area contributed by atoms with Crippen LogP contribution < -0.4 is 0 Å². The normalized spacial score (nSPS) is 12.7. The van der Waals surface area contributed by atoms with Gasteiger partial charge in [0.1, 0.15) is 0 Å². The molecule has 96 valence electrons. The average Bonchev–Trinajstić information content (AvgIpc) is 2.68. The molecule has 0 aliphatic rings. The largest absolute Gasteiger partial charge is 0.392 e. The predicted octanol–water partition coefficient (Wildman–Crippen LogP) is 4.96. The molecule has 0 amide bonds. The molecular formula is C13H11BrCl2OS. The third kappa shape index (κ3) is 3.97. The van der Waals surface area contributed by atoms with Gasteiger partial charge in [-0.1, -0.05) is 29.3 Å². The van der Waals surface area contributed by atoms with Crippen molar-refractivity contribution >= 4 is 50.5 Å². The van der Waals surface area contributed by atoms with Gasteiger partial charge in [0, 0.05) is 37.6 Å². The Kier molecular flexibility index (Phi) is 5.10. The van der Waals surface area contributed by atoms with Crippen molar-refractivity contribution in [3.63, 3.8) is 0 Å². The minimum absolute atomic E-state index is 0.436. The SMILES string of the molecule is OC(Cc1cc(Br)cs1)Cc1ccc(Cl)cc1Cl. The first-order valence-electron chi connectivity index (χ1n) is 5.39. The Morgan fingerprint density at radius 2 is 2.00 bits per heavy atom. The van der Waals surface area contributed by atoms with Crippen LogP contribution in [0.2, 0.25) is 10.0 Å². The van der Waals surface area contributed by atoms with Crippen molar-refractivity contribution < 1.29 is 5.11 Å². The fourth-order valence-electron chi connectivity index (χ4n) is 1.71. The van der Waals surface area contributed by atoms with E-state index in [1.54, 1.807) is 23.5 Å². The maximum Gasteiger partial charge on any atom is 0.0629 e. The second kappa shape index (κ2) is 6.40. The van der Waals surface area contributed by atoms with Crippen molar-refractivity contribution in [1.29, 1.82) is 0 Å². The van der Waals surface area contributed by atoms with Crippen molar-refractivity contribution in [2.75, 3.05) is 0 Å². The Bertz CT molecular complexity index is 542. The molecule has 0 aliphatic heterocycles. The highest BCUT2D eigenvalue weighted by molar-refractivity contribution is 9.10. The molecule has 0 spiro atoms. The summed E-state index contributed by atoms with van der Waals surface area (Å²) in [6, 6.07) is 7.37. The first-order chi connectivity index (χ1) is 8.54. The molecule has 0 fully saturated rings. The third-order valence-electron chi connectivity index (χ3n) is 2.53. The second-order valence-electron chi connectivity index (χ2n) is 4.03. The van der Waals surface area contributed by atoms with Gasteiger partial charge < -0.3 is 5.11 Å². The second-order valence-corrected chi connectivity index (χ2v) is 6.78. The van der Waals surface area contributed by atoms with Crippen LogP contribution in [0.5, 0.6) is 0 Å². The fraction of sp³-hybridized carbons (Fsp3) is 0.231. The Balaban J connectivity index is 2.00. The number of hydrogen-bond acceptors (Lipinski definition) is 2. The maximum atomic E-state index is 10.1. The van der Waals surface area contributed by atoms with Gasteiger partial charge in [0.2, 0.25) is 0 Å². The topological polar surface area (TPSA) is 20.2 Å². The summed E-state index contributed by atoms with van der Waals surface area (Å²) in [7, 11) is 0. The highest BCUT2D eigenvalue weighted by Gasteiger charge is 2.11. The van der Waals surface area contributed by atoms with Crippen LogP contribution in [0.15, 0.2) is 34.1 Å². The van der Waals surface area contributed by atoms with Crippen LogP contribution in [0.25, 0.3) is 0 Å².